The van der Waals surface area contributed by atoms with Crippen molar-refractivity contribution in [2.75, 3.05) is 0 Å². The molecule has 4 nitrogen and oxygen atoms in total. The smallest absolute Gasteiger partial charge is 0.318 e. The van der Waals surface area contributed by atoms with Gasteiger partial charge in [0.05, 0.1) is 0 Å². The summed E-state index contributed by atoms with van der Waals surface area (Å²) >= 11 is 0. The number of allylic oxidation sites excluding steroid dienone is 4. The van der Waals surface area contributed by atoms with Crippen LogP contribution in [-0.2, 0) is 14.4 Å². The summed E-state index contributed by atoms with van der Waals surface area (Å²) in [4.78, 5) is 38.6. The summed E-state index contributed by atoms with van der Waals surface area (Å²) in [6.07, 6.45) is 8.61. The van der Waals surface area contributed by atoms with E-state index in [2.05, 4.69) is 6.08 Å². The third kappa shape index (κ3) is 1.32. The first kappa shape index (κ1) is 13.9. The molecule has 0 aromatic heterocycles. The number of carbonyl (C=O) groups excluding carboxylic acids is 2. The molecule has 0 heterocycles. The van der Waals surface area contributed by atoms with Crippen LogP contribution in [0.4, 0.5) is 0 Å². The number of carbonyl (C=O) groups is 3. The lowest BCUT2D eigenvalue weighted by Gasteiger charge is -2.51. The minimum atomic E-state index is -1.56. The number of ketones is 2. The van der Waals surface area contributed by atoms with Crippen molar-refractivity contribution < 1.29 is 19.5 Å². The highest BCUT2D eigenvalue weighted by atomic mass is 16.4. The normalized spacial score (nSPS) is 51.8. The number of rotatable bonds is 1. The van der Waals surface area contributed by atoms with E-state index in [1.807, 2.05) is 25.2 Å². The van der Waals surface area contributed by atoms with Crippen molar-refractivity contribution in [2.45, 2.75) is 20.3 Å². The van der Waals surface area contributed by atoms with Crippen LogP contribution in [0, 0.1) is 46.8 Å². The number of Topliss-reactive ketones (excluding diaryl/α,β-unsaturated/α-hetero) is 2. The molecule has 0 amide bonds. The second kappa shape index (κ2) is 4.18. The quantitative estimate of drug-likeness (QED) is 0.594. The molecule has 22 heavy (non-hydrogen) atoms. The molecule has 4 heteroatoms. The summed E-state index contributed by atoms with van der Waals surface area (Å²) in [7, 11) is 0. The zero-order valence-electron chi connectivity index (χ0n) is 12.7. The Balaban J connectivity index is 1.93. The van der Waals surface area contributed by atoms with Gasteiger partial charge in [-0.2, -0.15) is 0 Å². The predicted molar refractivity (Wildman–Crippen MR) is 78.8 cm³/mol. The van der Waals surface area contributed by atoms with E-state index < -0.39 is 29.1 Å². The van der Waals surface area contributed by atoms with Crippen LogP contribution in [-0.4, -0.2) is 22.6 Å². The number of carboxylic acid groups (broad SMARTS) is 1. The van der Waals surface area contributed by atoms with E-state index in [-0.39, 0.29) is 35.2 Å². The molecular weight excluding hydrogens is 280 g/mol. The Morgan fingerprint density at radius 2 is 1.73 bits per heavy atom. The van der Waals surface area contributed by atoms with Gasteiger partial charge >= 0.3 is 5.97 Å². The summed E-state index contributed by atoms with van der Waals surface area (Å²) in [6.45, 7) is 3.62. The highest BCUT2D eigenvalue weighted by Gasteiger charge is 2.70. The molecule has 2 unspecified atom stereocenters. The number of hydrogen-bond donors (Lipinski definition) is 1. The Hall–Kier alpha value is -1.71. The summed E-state index contributed by atoms with van der Waals surface area (Å²) in [5.74, 6) is -3.20. The number of carboxylic acids is 1. The number of aliphatic carboxylic acids is 1. The molecule has 0 aliphatic heterocycles. The minimum Gasteiger partial charge on any atom is -0.480 e. The maximum absolute atomic E-state index is 13.3. The summed E-state index contributed by atoms with van der Waals surface area (Å²) in [5, 5.41) is 9.97. The fourth-order valence-electron chi connectivity index (χ4n) is 5.65. The largest absolute Gasteiger partial charge is 0.480 e. The average molecular weight is 300 g/mol. The van der Waals surface area contributed by atoms with E-state index in [1.54, 1.807) is 6.92 Å². The molecule has 1 N–H and O–H groups in total. The highest BCUT2D eigenvalue weighted by Crippen LogP contribution is 2.60. The second-order valence-corrected chi connectivity index (χ2v) is 7.45. The second-order valence-electron chi connectivity index (χ2n) is 7.45. The van der Waals surface area contributed by atoms with Crippen LogP contribution in [0.2, 0.25) is 0 Å². The molecule has 116 valence electrons. The van der Waals surface area contributed by atoms with E-state index >= 15 is 0 Å². The summed E-state index contributed by atoms with van der Waals surface area (Å²) < 4.78 is 0. The number of fused-ring (bicyclic) bond motifs is 6. The lowest BCUT2D eigenvalue weighted by atomic mass is 9.48. The van der Waals surface area contributed by atoms with Gasteiger partial charge < -0.3 is 5.11 Å². The first-order valence-electron chi connectivity index (χ1n) is 8.08. The van der Waals surface area contributed by atoms with Gasteiger partial charge in [-0.1, -0.05) is 38.2 Å². The van der Waals surface area contributed by atoms with Gasteiger partial charge in [0.25, 0.3) is 0 Å². The molecule has 0 aromatic rings. The van der Waals surface area contributed by atoms with Crippen LogP contribution < -0.4 is 0 Å². The topological polar surface area (TPSA) is 71.4 Å². The molecule has 4 rings (SSSR count). The van der Waals surface area contributed by atoms with Crippen LogP contribution in [0.5, 0.6) is 0 Å². The third-order valence-corrected chi connectivity index (χ3v) is 6.60. The zero-order chi connectivity index (χ0) is 15.8. The van der Waals surface area contributed by atoms with Crippen molar-refractivity contribution in [1.82, 2.24) is 0 Å². The van der Waals surface area contributed by atoms with Gasteiger partial charge in [0.2, 0.25) is 0 Å². The Bertz CT molecular complexity index is 645. The predicted octanol–water partition coefficient (Wildman–Crippen LogP) is 2.11. The summed E-state index contributed by atoms with van der Waals surface area (Å²) in [5.41, 5.74) is -1.56. The van der Waals surface area contributed by atoms with Crippen molar-refractivity contribution in [3.63, 3.8) is 0 Å². The fraction of sp³-hybridized carbons (Fsp3) is 0.611. The highest BCUT2D eigenvalue weighted by molar-refractivity contribution is 6.14. The molecule has 8 atom stereocenters. The lowest BCUT2D eigenvalue weighted by molar-refractivity contribution is -0.177. The van der Waals surface area contributed by atoms with Crippen LogP contribution in [0.3, 0.4) is 0 Å². The van der Waals surface area contributed by atoms with Gasteiger partial charge in [0, 0.05) is 17.8 Å². The van der Waals surface area contributed by atoms with Crippen molar-refractivity contribution in [1.29, 1.82) is 0 Å². The molecule has 4 aliphatic carbocycles. The van der Waals surface area contributed by atoms with E-state index in [0.29, 0.717) is 0 Å². The molecule has 0 spiro atoms. The standard InChI is InChI=1S/C18H20O4/c1-8-3-4-9(2)18(17(21)22)14(8)15(19)12-10-5-6-11(7-10)13(12)16(18)20/h3-6,8-14H,7H2,1-2H3,(H,21,22)/t8-,9+,10+,11-,12?,13?,14-,18-/m0/s1. The fourth-order valence-corrected chi connectivity index (χ4v) is 5.65. The maximum atomic E-state index is 13.3. The molecule has 2 bridgehead atoms. The Morgan fingerprint density at radius 1 is 1.09 bits per heavy atom. The summed E-state index contributed by atoms with van der Waals surface area (Å²) in [6, 6.07) is 0. The Morgan fingerprint density at radius 3 is 2.36 bits per heavy atom. The average Bonchev–Trinajstić information content (AvgIpc) is 3.07. The Kier molecular flexibility index (Phi) is 2.64. The van der Waals surface area contributed by atoms with Gasteiger partial charge in [0.15, 0.2) is 5.78 Å². The molecular formula is C18H20O4. The molecule has 0 aromatic carbocycles. The van der Waals surface area contributed by atoms with Crippen LogP contribution >= 0.6 is 0 Å². The van der Waals surface area contributed by atoms with Gasteiger partial charge in [-0.25, -0.2) is 0 Å². The van der Waals surface area contributed by atoms with Gasteiger partial charge in [-0.05, 0) is 30.1 Å². The van der Waals surface area contributed by atoms with E-state index in [4.69, 9.17) is 0 Å². The third-order valence-electron chi connectivity index (χ3n) is 6.60. The minimum absolute atomic E-state index is 0.00699. The zero-order valence-corrected chi connectivity index (χ0v) is 12.7. The Labute approximate surface area is 129 Å². The maximum Gasteiger partial charge on any atom is 0.318 e. The van der Waals surface area contributed by atoms with E-state index in [1.165, 1.54) is 0 Å². The molecule has 2 saturated carbocycles. The molecule has 2 fully saturated rings. The number of hydrogen-bond acceptors (Lipinski definition) is 3. The monoisotopic (exact) mass is 300 g/mol. The SMILES string of the molecule is C[C@@H]1C=C[C@H](C)[C@H]2C(=O)C3C(C(=O)[C@]12C(=O)O)[C@H]1C=C[C@@H]3C1. The molecule has 0 saturated heterocycles. The lowest BCUT2D eigenvalue weighted by Crippen LogP contribution is -2.64. The van der Waals surface area contributed by atoms with E-state index in [0.717, 1.165) is 6.42 Å². The molecule has 4 aliphatic rings. The van der Waals surface area contributed by atoms with E-state index in [9.17, 15) is 19.5 Å². The van der Waals surface area contributed by atoms with Crippen LogP contribution in [0.1, 0.15) is 20.3 Å². The first-order chi connectivity index (χ1) is 10.4. The molecule has 0 radical (unpaired) electrons. The van der Waals surface area contributed by atoms with Crippen molar-refractivity contribution >= 4 is 17.5 Å². The van der Waals surface area contributed by atoms with Gasteiger partial charge in [-0.15, -0.1) is 0 Å². The van der Waals surface area contributed by atoms with Gasteiger partial charge in [0.1, 0.15) is 11.2 Å². The van der Waals surface area contributed by atoms with Crippen LogP contribution in [0.15, 0.2) is 24.3 Å². The van der Waals surface area contributed by atoms with Crippen LogP contribution in [0.25, 0.3) is 0 Å². The van der Waals surface area contributed by atoms with Crippen molar-refractivity contribution in [3.05, 3.63) is 24.3 Å². The first-order valence-corrected chi connectivity index (χ1v) is 8.08. The van der Waals surface area contributed by atoms with Crippen molar-refractivity contribution in [3.8, 4) is 0 Å². The van der Waals surface area contributed by atoms with Gasteiger partial charge in [-0.3, -0.25) is 14.4 Å². The van der Waals surface area contributed by atoms with Crippen molar-refractivity contribution in [2.24, 2.45) is 46.8 Å².